The number of benzene rings is 1. The van der Waals surface area contributed by atoms with Crippen molar-refractivity contribution in [1.29, 1.82) is 0 Å². The van der Waals surface area contributed by atoms with Gasteiger partial charge in [0.15, 0.2) is 11.5 Å². The average molecular weight is 417 g/mol. The number of nitrogens with two attached hydrogens (primary N) is 1. The van der Waals surface area contributed by atoms with Crippen molar-refractivity contribution in [2.24, 2.45) is 11.7 Å². The number of aromatic nitrogens is 1. The van der Waals surface area contributed by atoms with Crippen LogP contribution in [0.15, 0.2) is 34.9 Å². The summed E-state index contributed by atoms with van der Waals surface area (Å²) in [5, 5.41) is 13.8. The Hall–Kier alpha value is -2.58. The van der Waals surface area contributed by atoms with Crippen molar-refractivity contribution >= 4 is 11.7 Å². The third kappa shape index (κ3) is 5.96. The van der Waals surface area contributed by atoms with E-state index in [-0.39, 0.29) is 11.6 Å². The summed E-state index contributed by atoms with van der Waals surface area (Å²) in [5.74, 6) is -0.818. The summed E-state index contributed by atoms with van der Waals surface area (Å²) >= 11 is 0. The molecule has 2 atom stereocenters. The number of aliphatic hydroxyl groups is 1. The van der Waals surface area contributed by atoms with Gasteiger partial charge < -0.3 is 20.3 Å². The van der Waals surface area contributed by atoms with Gasteiger partial charge in [-0.3, -0.25) is 9.59 Å². The largest absolute Gasteiger partial charge is 0.391 e. The molecule has 2 aromatic rings. The van der Waals surface area contributed by atoms with Crippen LogP contribution in [0.2, 0.25) is 0 Å². The van der Waals surface area contributed by atoms with Gasteiger partial charge in [-0.05, 0) is 56.6 Å². The Kier molecular flexibility index (Phi) is 7.70. The number of β-amino-alcohol motifs (C(OH)–C–C–N with tert-alkyl or cyclic N) is 1. The molecule has 8 heteroatoms. The molecule has 1 aliphatic rings. The SMILES string of the molecule is NC(=O)[C@@H]1CCN(CCCCCCC(=O)c2cc(-c3ccc(F)cc3)on2)C[C@@H]1O. The van der Waals surface area contributed by atoms with Crippen molar-refractivity contribution in [3.8, 4) is 11.3 Å². The van der Waals surface area contributed by atoms with Crippen LogP contribution in [-0.2, 0) is 4.79 Å². The smallest absolute Gasteiger partial charge is 0.223 e. The minimum absolute atomic E-state index is 0.0660. The summed E-state index contributed by atoms with van der Waals surface area (Å²) in [7, 11) is 0. The maximum Gasteiger partial charge on any atom is 0.223 e. The molecule has 0 spiro atoms. The first-order chi connectivity index (χ1) is 14.4. The number of hydrogen-bond donors (Lipinski definition) is 2. The molecule has 1 amide bonds. The van der Waals surface area contributed by atoms with Crippen LogP contribution in [-0.4, -0.2) is 52.6 Å². The predicted octanol–water partition coefficient (Wildman–Crippen LogP) is 2.78. The van der Waals surface area contributed by atoms with Gasteiger partial charge in [-0.15, -0.1) is 0 Å². The van der Waals surface area contributed by atoms with Crippen LogP contribution < -0.4 is 5.73 Å². The summed E-state index contributed by atoms with van der Waals surface area (Å²) in [6, 6.07) is 7.43. The van der Waals surface area contributed by atoms with E-state index in [1.54, 1.807) is 18.2 Å². The number of Topliss-reactive ketones (excluding diaryl/α,β-unsaturated/α-hetero) is 1. The highest BCUT2D eigenvalue weighted by molar-refractivity contribution is 5.94. The second-order valence-electron chi connectivity index (χ2n) is 7.84. The van der Waals surface area contributed by atoms with E-state index in [1.807, 2.05) is 0 Å². The number of unbranched alkanes of at least 4 members (excludes halogenated alkanes) is 3. The molecule has 3 rings (SSSR count). The van der Waals surface area contributed by atoms with Gasteiger partial charge in [0.1, 0.15) is 11.5 Å². The minimum atomic E-state index is -0.684. The molecule has 162 valence electrons. The lowest BCUT2D eigenvalue weighted by atomic mass is 9.93. The third-order valence-electron chi connectivity index (χ3n) is 5.58. The highest BCUT2D eigenvalue weighted by atomic mass is 19.1. The van der Waals surface area contributed by atoms with Crippen LogP contribution in [0.5, 0.6) is 0 Å². The lowest BCUT2D eigenvalue weighted by Gasteiger charge is -2.34. The van der Waals surface area contributed by atoms with E-state index in [9.17, 15) is 19.1 Å². The van der Waals surface area contributed by atoms with Gasteiger partial charge in [0.25, 0.3) is 0 Å². The van der Waals surface area contributed by atoms with E-state index in [4.69, 9.17) is 10.3 Å². The Bertz CT molecular complexity index is 852. The summed E-state index contributed by atoms with van der Waals surface area (Å²) < 4.78 is 18.2. The third-order valence-corrected chi connectivity index (χ3v) is 5.58. The molecule has 30 heavy (non-hydrogen) atoms. The van der Waals surface area contributed by atoms with Crippen molar-refractivity contribution in [1.82, 2.24) is 10.1 Å². The number of carbonyl (C=O) groups excluding carboxylic acids is 2. The number of piperidine rings is 1. The van der Waals surface area contributed by atoms with Gasteiger partial charge >= 0.3 is 0 Å². The van der Waals surface area contributed by atoms with Gasteiger partial charge in [0.05, 0.1) is 12.0 Å². The number of nitrogens with zero attached hydrogens (tertiary/aromatic N) is 2. The zero-order valence-electron chi connectivity index (χ0n) is 16.9. The molecule has 1 fully saturated rings. The van der Waals surface area contributed by atoms with E-state index in [2.05, 4.69) is 10.1 Å². The van der Waals surface area contributed by atoms with Crippen LogP contribution >= 0.6 is 0 Å². The Morgan fingerprint density at radius 1 is 1.20 bits per heavy atom. The number of halogens is 1. The second kappa shape index (κ2) is 10.4. The first-order valence-electron chi connectivity index (χ1n) is 10.4. The zero-order valence-corrected chi connectivity index (χ0v) is 16.9. The molecule has 0 saturated carbocycles. The fourth-order valence-electron chi connectivity index (χ4n) is 3.79. The van der Waals surface area contributed by atoms with Crippen molar-refractivity contribution in [2.45, 2.75) is 44.6 Å². The Balaban J connectivity index is 1.32. The number of hydrogen-bond acceptors (Lipinski definition) is 6. The Morgan fingerprint density at radius 2 is 1.93 bits per heavy atom. The molecule has 0 unspecified atom stereocenters. The van der Waals surface area contributed by atoms with E-state index in [0.717, 1.165) is 38.8 Å². The molecule has 0 aliphatic carbocycles. The molecule has 2 heterocycles. The monoisotopic (exact) mass is 417 g/mol. The molecule has 7 nitrogen and oxygen atoms in total. The van der Waals surface area contributed by atoms with E-state index in [0.29, 0.717) is 36.4 Å². The summed E-state index contributed by atoms with van der Waals surface area (Å²) in [6.45, 7) is 2.11. The van der Waals surface area contributed by atoms with Crippen molar-refractivity contribution in [3.63, 3.8) is 0 Å². The molecule has 1 aromatic carbocycles. The molecule has 1 aromatic heterocycles. The van der Waals surface area contributed by atoms with E-state index >= 15 is 0 Å². The zero-order chi connectivity index (χ0) is 21.5. The van der Waals surface area contributed by atoms with Crippen molar-refractivity contribution in [2.75, 3.05) is 19.6 Å². The molecular formula is C22H28FN3O4. The molecule has 3 N–H and O–H groups in total. The molecule has 1 aliphatic heterocycles. The van der Waals surface area contributed by atoms with E-state index in [1.165, 1.54) is 12.1 Å². The molecular weight excluding hydrogens is 389 g/mol. The van der Waals surface area contributed by atoms with Crippen molar-refractivity contribution < 1.29 is 23.6 Å². The number of amides is 1. The highest BCUT2D eigenvalue weighted by Crippen LogP contribution is 2.22. The minimum Gasteiger partial charge on any atom is -0.391 e. The van der Waals surface area contributed by atoms with Crippen LogP contribution in [0.1, 0.15) is 49.0 Å². The molecule has 0 radical (unpaired) electrons. The topological polar surface area (TPSA) is 110 Å². The Morgan fingerprint density at radius 3 is 2.63 bits per heavy atom. The lowest BCUT2D eigenvalue weighted by Crippen LogP contribution is -2.48. The van der Waals surface area contributed by atoms with Crippen molar-refractivity contribution in [3.05, 3.63) is 41.8 Å². The van der Waals surface area contributed by atoms with Gasteiger partial charge in [0, 0.05) is 24.6 Å². The predicted molar refractivity (Wildman–Crippen MR) is 109 cm³/mol. The first-order valence-corrected chi connectivity index (χ1v) is 10.4. The fourth-order valence-corrected chi connectivity index (χ4v) is 3.79. The normalized spacial score (nSPS) is 19.7. The Labute approximate surface area is 175 Å². The van der Waals surface area contributed by atoms with Gasteiger partial charge in [-0.2, -0.15) is 0 Å². The molecule has 0 bridgehead atoms. The standard InChI is InChI=1S/C22H28FN3O4/c23-16-8-6-15(7-9-16)21-13-18(25-30-21)19(27)5-3-1-2-4-11-26-12-10-17(22(24)29)20(28)14-26/h6-9,13,17,20,28H,1-5,10-12,14H2,(H2,24,29)/t17-,20+/m1/s1. The number of ketones is 1. The average Bonchev–Trinajstić information content (AvgIpc) is 3.21. The second-order valence-corrected chi connectivity index (χ2v) is 7.84. The van der Waals surface area contributed by atoms with Crippen LogP contribution in [0.25, 0.3) is 11.3 Å². The van der Waals surface area contributed by atoms with Gasteiger partial charge in [0.2, 0.25) is 5.91 Å². The fraction of sp³-hybridized carbons (Fsp3) is 0.500. The number of likely N-dealkylation sites (tertiary alicyclic amines) is 1. The number of rotatable bonds is 10. The van der Waals surface area contributed by atoms with E-state index < -0.39 is 17.9 Å². The van der Waals surface area contributed by atoms with Gasteiger partial charge in [-0.1, -0.05) is 18.0 Å². The first kappa shape index (κ1) is 22.1. The number of aliphatic hydroxyl groups excluding tert-OH is 1. The number of carbonyl (C=O) groups is 2. The van der Waals surface area contributed by atoms with Crippen LogP contribution in [0, 0.1) is 11.7 Å². The summed E-state index contributed by atoms with van der Waals surface area (Å²) in [4.78, 5) is 25.7. The number of primary amides is 1. The maximum absolute atomic E-state index is 13.0. The van der Waals surface area contributed by atoms with Crippen LogP contribution in [0.4, 0.5) is 4.39 Å². The lowest BCUT2D eigenvalue weighted by molar-refractivity contribution is -0.128. The maximum atomic E-state index is 13.0. The quantitative estimate of drug-likeness (QED) is 0.454. The highest BCUT2D eigenvalue weighted by Gasteiger charge is 2.31. The van der Waals surface area contributed by atoms with Gasteiger partial charge in [-0.25, -0.2) is 4.39 Å². The van der Waals surface area contributed by atoms with Crippen LogP contribution in [0.3, 0.4) is 0 Å². The molecule has 1 saturated heterocycles. The summed E-state index contributed by atoms with van der Waals surface area (Å²) in [5.41, 5.74) is 6.26. The summed E-state index contributed by atoms with van der Waals surface area (Å²) in [6.07, 6.45) is 3.97.